The quantitative estimate of drug-likeness (QED) is 0.810. The fourth-order valence-electron chi connectivity index (χ4n) is 2.08. The largest absolute Gasteiger partial charge is 0.308 e. The molecule has 1 unspecified atom stereocenters. The zero-order valence-corrected chi connectivity index (χ0v) is 12.1. The van der Waals surface area contributed by atoms with Gasteiger partial charge in [-0.25, -0.2) is 0 Å². The summed E-state index contributed by atoms with van der Waals surface area (Å²) in [4.78, 5) is 0. The van der Waals surface area contributed by atoms with Crippen molar-refractivity contribution in [3.63, 3.8) is 0 Å². The molecule has 0 radical (unpaired) electrons. The highest BCUT2D eigenvalue weighted by Crippen LogP contribution is 2.20. The minimum atomic E-state index is 0.580. The predicted molar refractivity (Wildman–Crippen MR) is 73.5 cm³/mol. The molecule has 0 spiro atoms. The zero-order valence-electron chi connectivity index (χ0n) is 11.4. The van der Waals surface area contributed by atoms with Crippen LogP contribution in [0.4, 0.5) is 0 Å². The van der Waals surface area contributed by atoms with E-state index in [-0.39, 0.29) is 0 Å². The van der Waals surface area contributed by atoms with Crippen LogP contribution in [0.3, 0.4) is 0 Å². The van der Waals surface area contributed by atoms with E-state index in [0.29, 0.717) is 6.04 Å². The van der Waals surface area contributed by atoms with Crippen LogP contribution >= 0.6 is 11.6 Å². The second kappa shape index (κ2) is 7.02. The molecular formula is C13H24ClN3. The summed E-state index contributed by atoms with van der Waals surface area (Å²) < 4.78 is 1.99. The fourth-order valence-corrected chi connectivity index (χ4v) is 2.28. The van der Waals surface area contributed by atoms with E-state index in [1.54, 1.807) is 0 Å². The van der Waals surface area contributed by atoms with Crippen molar-refractivity contribution in [1.82, 2.24) is 15.1 Å². The van der Waals surface area contributed by atoms with Crippen molar-refractivity contribution in [3.8, 4) is 0 Å². The molecule has 0 aliphatic carbocycles. The molecule has 1 heterocycles. The van der Waals surface area contributed by atoms with Crippen LogP contribution in [0.25, 0.3) is 0 Å². The summed E-state index contributed by atoms with van der Waals surface area (Å²) in [5, 5.41) is 8.80. The van der Waals surface area contributed by atoms with Crippen molar-refractivity contribution in [2.45, 2.75) is 66.1 Å². The van der Waals surface area contributed by atoms with Gasteiger partial charge in [0.2, 0.25) is 0 Å². The van der Waals surface area contributed by atoms with Gasteiger partial charge in [0, 0.05) is 19.1 Å². The van der Waals surface area contributed by atoms with Crippen LogP contribution in [-0.4, -0.2) is 15.8 Å². The van der Waals surface area contributed by atoms with E-state index in [2.05, 4.69) is 31.2 Å². The molecule has 1 aromatic heterocycles. The van der Waals surface area contributed by atoms with Gasteiger partial charge in [-0.3, -0.25) is 4.68 Å². The molecule has 1 rings (SSSR count). The van der Waals surface area contributed by atoms with Gasteiger partial charge in [0.1, 0.15) is 0 Å². The third-order valence-electron chi connectivity index (χ3n) is 3.14. The molecule has 1 aromatic rings. The monoisotopic (exact) mass is 257 g/mol. The first-order valence-electron chi connectivity index (χ1n) is 6.59. The SMILES string of the molecule is CCCC(CC)NCc1c(Cl)c(C)nn1CC. The first-order chi connectivity index (χ1) is 8.13. The standard InChI is InChI=1S/C13H24ClN3/c1-5-8-11(6-2)15-9-12-13(14)10(4)16-17(12)7-3/h11,15H,5-9H2,1-4H3. The molecule has 0 aliphatic heterocycles. The van der Waals surface area contributed by atoms with Gasteiger partial charge in [-0.1, -0.05) is 31.9 Å². The number of nitrogens with one attached hydrogen (secondary N) is 1. The molecule has 1 atom stereocenters. The topological polar surface area (TPSA) is 29.9 Å². The zero-order chi connectivity index (χ0) is 12.8. The van der Waals surface area contributed by atoms with Crippen molar-refractivity contribution in [2.75, 3.05) is 0 Å². The Bertz CT molecular complexity index is 347. The van der Waals surface area contributed by atoms with E-state index < -0.39 is 0 Å². The average Bonchev–Trinajstić information content (AvgIpc) is 2.61. The summed E-state index contributed by atoms with van der Waals surface area (Å²) in [7, 11) is 0. The Morgan fingerprint density at radius 3 is 2.59 bits per heavy atom. The number of hydrogen-bond donors (Lipinski definition) is 1. The number of hydrogen-bond acceptors (Lipinski definition) is 2. The van der Waals surface area contributed by atoms with E-state index in [9.17, 15) is 0 Å². The minimum absolute atomic E-state index is 0.580. The Balaban J connectivity index is 2.67. The Morgan fingerprint density at radius 1 is 1.35 bits per heavy atom. The van der Waals surface area contributed by atoms with Gasteiger partial charge >= 0.3 is 0 Å². The average molecular weight is 258 g/mol. The van der Waals surface area contributed by atoms with Gasteiger partial charge in [-0.15, -0.1) is 0 Å². The van der Waals surface area contributed by atoms with Gasteiger partial charge in [-0.2, -0.15) is 5.10 Å². The van der Waals surface area contributed by atoms with Crippen LogP contribution < -0.4 is 5.32 Å². The first-order valence-corrected chi connectivity index (χ1v) is 6.96. The number of halogens is 1. The third kappa shape index (κ3) is 3.71. The highest BCUT2D eigenvalue weighted by molar-refractivity contribution is 6.31. The van der Waals surface area contributed by atoms with Crippen LogP contribution in [0, 0.1) is 6.92 Å². The molecule has 0 amide bonds. The van der Waals surface area contributed by atoms with Crippen LogP contribution in [0.1, 0.15) is 51.4 Å². The van der Waals surface area contributed by atoms with Crippen LogP contribution in [0.2, 0.25) is 5.02 Å². The molecule has 0 aromatic carbocycles. The molecule has 0 bridgehead atoms. The van der Waals surface area contributed by atoms with Crippen molar-refractivity contribution >= 4 is 11.6 Å². The summed E-state index contributed by atoms with van der Waals surface area (Å²) >= 11 is 6.27. The summed E-state index contributed by atoms with van der Waals surface area (Å²) in [6, 6.07) is 0.580. The molecule has 0 fully saturated rings. The minimum Gasteiger partial charge on any atom is -0.308 e. The predicted octanol–water partition coefficient (Wildman–Crippen LogP) is 3.53. The van der Waals surface area contributed by atoms with Gasteiger partial charge in [0.25, 0.3) is 0 Å². The Labute approximate surface area is 110 Å². The lowest BCUT2D eigenvalue weighted by Gasteiger charge is -2.16. The number of aromatic nitrogens is 2. The fraction of sp³-hybridized carbons (Fsp3) is 0.769. The Kier molecular flexibility index (Phi) is 6.00. The van der Waals surface area contributed by atoms with E-state index in [1.807, 2.05) is 11.6 Å². The molecule has 17 heavy (non-hydrogen) atoms. The number of aryl methyl sites for hydroxylation is 2. The van der Waals surface area contributed by atoms with E-state index in [4.69, 9.17) is 11.6 Å². The second-order valence-corrected chi connectivity index (χ2v) is 4.81. The highest BCUT2D eigenvalue weighted by Gasteiger charge is 2.13. The first kappa shape index (κ1) is 14.5. The molecule has 0 saturated carbocycles. The molecule has 0 saturated heterocycles. The van der Waals surface area contributed by atoms with E-state index >= 15 is 0 Å². The Hall–Kier alpha value is -0.540. The second-order valence-electron chi connectivity index (χ2n) is 4.44. The number of nitrogens with zero attached hydrogens (tertiary/aromatic N) is 2. The van der Waals surface area contributed by atoms with Crippen molar-refractivity contribution < 1.29 is 0 Å². The third-order valence-corrected chi connectivity index (χ3v) is 3.63. The number of rotatable bonds is 7. The van der Waals surface area contributed by atoms with Crippen molar-refractivity contribution in [3.05, 3.63) is 16.4 Å². The maximum Gasteiger partial charge on any atom is 0.0860 e. The lowest BCUT2D eigenvalue weighted by Crippen LogP contribution is -2.28. The molecule has 3 nitrogen and oxygen atoms in total. The molecule has 1 N–H and O–H groups in total. The van der Waals surface area contributed by atoms with Crippen LogP contribution in [-0.2, 0) is 13.1 Å². The molecule has 0 aliphatic rings. The van der Waals surface area contributed by atoms with E-state index in [1.165, 1.54) is 12.8 Å². The van der Waals surface area contributed by atoms with Gasteiger partial charge in [-0.05, 0) is 26.7 Å². The van der Waals surface area contributed by atoms with Crippen LogP contribution in [0.15, 0.2) is 0 Å². The highest BCUT2D eigenvalue weighted by atomic mass is 35.5. The maximum absolute atomic E-state index is 6.27. The summed E-state index contributed by atoms with van der Waals surface area (Å²) in [6.07, 6.45) is 3.59. The van der Waals surface area contributed by atoms with Crippen molar-refractivity contribution in [1.29, 1.82) is 0 Å². The lowest BCUT2D eigenvalue weighted by molar-refractivity contribution is 0.449. The normalized spacial score (nSPS) is 13.0. The van der Waals surface area contributed by atoms with Gasteiger partial charge < -0.3 is 5.32 Å². The Morgan fingerprint density at radius 2 is 2.06 bits per heavy atom. The van der Waals surface area contributed by atoms with Crippen molar-refractivity contribution in [2.24, 2.45) is 0 Å². The summed E-state index contributed by atoms with van der Waals surface area (Å²) in [5.74, 6) is 0. The van der Waals surface area contributed by atoms with Gasteiger partial charge in [0.15, 0.2) is 0 Å². The van der Waals surface area contributed by atoms with E-state index in [0.717, 1.165) is 35.9 Å². The summed E-state index contributed by atoms with van der Waals surface area (Å²) in [6.45, 7) is 10.2. The molecule has 4 heteroatoms. The maximum atomic E-state index is 6.27. The lowest BCUT2D eigenvalue weighted by atomic mass is 10.1. The smallest absolute Gasteiger partial charge is 0.0860 e. The van der Waals surface area contributed by atoms with Crippen LogP contribution in [0.5, 0.6) is 0 Å². The molecular weight excluding hydrogens is 234 g/mol. The molecule has 98 valence electrons. The van der Waals surface area contributed by atoms with Gasteiger partial charge in [0.05, 0.1) is 16.4 Å². The summed E-state index contributed by atoms with van der Waals surface area (Å²) in [5.41, 5.74) is 2.04.